The zero-order valence-electron chi connectivity index (χ0n) is 17.2. The molecule has 0 radical (unpaired) electrons. The predicted molar refractivity (Wildman–Crippen MR) is 114 cm³/mol. The molecule has 6 nitrogen and oxygen atoms in total. The Morgan fingerprint density at radius 1 is 1.17 bits per heavy atom. The van der Waals surface area contributed by atoms with Gasteiger partial charge in [0.25, 0.3) is 5.91 Å². The minimum Gasteiger partial charge on any atom is -0.493 e. The summed E-state index contributed by atoms with van der Waals surface area (Å²) in [6.45, 7) is 2.61. The first kappa shape index (κ1) is 22.0. The number of hydrogen-bond donors (Lipinski definition) is 1. The van der Waals surface area contributed by atoms with E-state index < -0.39 is 5.97 Å². The molecule has 30 heavy (non-hydrogen) atoms. The van der Waals surface area contributed by atoms with Crippen molar-refractivity contribution in [3.05, 3.63) is 58.6 Å². The highest BCUT2D eigenvalue weighted by atomic mass is 35.5. The molecule has 0 heterocycles. The van der Waals surface area contributed by atoms with Crippen LogP contribution in [0.5, 0.6) is 11.5 Å². The summed E-state index contributed by atoms with van der Waals surface area (Å²) in [5.41, 5.74) is 1.40. The number of hydrogen-bond acceptors (Lipinski definition) is 5. The van der Waals surface area contributed by atoms with Crippen molar-refractivity contribution in [2.75, 3.05) is 26.9 Å². The van der Waals surface area contributed by atoms with Crippen molar-refractivity contribution in [1.82, 2.24) is 5.32 Å². The number of amides is 1. The van der Waals surface area contributed by atoms with E-state index in [0.717, 1.165) is 19.3 Å². The summed E-state index contributed by atoms with van der Waals surface area (Å²) in [6, 6.07) is 13.1. The van der Waals surface area contributed by atoms with E-state index in [9.17, 15) is 9.59 Å². The van der Waals surface area contributed by atoms with Gasteiger partial charge in [-0.2, -0.15) is 0 Å². The van der Waals surface area contributed by atoms with Gasteiger partial charge in [0.2, 0.25) is 0 Å². The second kappa shape index (κ2) is 9.85. The molecular weight excluding hydrogens is 406 g/mol. The van der Waals surface area contributed by atoms with Gasteiger partial charge in [-0.3, -0.25) is 4.79 Å². The molecule has 1 aliphatic rings. The molecule has 0 bridgehead atoms. The van der Waals surface area contributed by atoms with Crippen LogP contribution < -0.4 is 14.8 Å². The minimum atomic E-state index is -0.656. The summed E-state index contributed by atoms with van der Waals surface area (Å²) in [5.74, 6) is -0.278. The average molecular weight is 432 g/mol. The van der Waals surface area contributed by atoms with Gasteiger partial charge in [0, 0.05) is 12.0 Å². The molecule has 1 saturated carbocycles. The van der Waals surface area contributed by atoms with Crippen molar-refractivity contribution in [2.45, 2.75) is 31.6 Å². The van der Waals surface area contributed by atoms with Gasteiger partial charge in [-0.25, -0.2) is 4.79 Å². The molecule has 0 unspecified atom stereocenters. The Morgan fingerprint density at radius 3 is 2.53 bits per heavy atom. The Labute approximate surface area is 181 Å². The van der Waals surface area contributed by atoms with Crippen molar-refractivity contribution < 1.29 is 23.8 Å². The van der Waals surface area contributed by atoms with Crippen LogP contribution in [0.25, 0.3) is 0 Å². The van der Waals surface area contributed by atoms with E-state index in [1.807, 2.05) is 25.1 Å². The zero-order chi connectivity index (χ0) is 21.6. The lowest BCUT2D eigenvalue weighted by Gasteiger charge is -2.16. The Kier molecular flexibility index (Phi) is 7.21. The molecule has 2 aromatic rings. The zero-order valence-corrected chi connectivity index (χ0v) is 18.0. The van der Waals surface area contributed by atoms with E-state index >= 15 is 0 Å². The fourth-order valence-corrected chi connectivity index (χ4v) is 3.49. The van der Waals surface area contributed by atoms with Gasteiger partial charge >= 0.3 is 5.97 Å². The quantitative estimate of drug-likeness (QED) is 0.572. The van der Waals surface area contributed by atoms with Crippen molar-refractivity contribution >= 4 is 23.5 Å². The highest BCUT2D eigenvalue weighted by molar-refractivity contribution is 6.32. The molecular formula is C23H26ClNO5. The van der Waals surface area contributed by atoms with E-state index in [1.165, 1.54) is 24.8 Å². The lowest BCUT2D eigenvalue weighted by atomic mass is 9.96. The SMILES string of the molecule is CCCOc1c(Cl)cc(C(=O)OCC(=O)NCC2(c3ccccc3)CC2)cc1OC. The number of ether oxygens (including phenoxy) is 3. The lowest BCUT2D eigenvalue weighted by Crippen LogP contribution is -2.35. The van der Waals surface area contributed by atoms with Gasteiger partial charge in [-0.1, -0.05) is 48.9 Å². The summed E-state index contributed by atoms with van der Waals surface area (Å²) in [7, 11) is 1.47. The first-order valence-corrected chi connectivity index (χ1v) is 10.4. The molecule has 160 valence electrons. The highest BCUT2D eigenvalue weighted by Crippen LogP contribution is 2.47. The smallest absolute Gasteiger partial charge is 0.338 e. The predicted octanol–water partition coefficient (Wildman–Crippen LogP) is 4.14. The third-order valence-electron chi connectivity index (χ3n) is 5.11. The fourth-order valence-electron chi connectivity index (χ4n) is 3.23. The summed E-state index contributed by atoms with van der Waals surface area (Å²) in [4.78, 5) is 24.6. The second-order valence-electron chi connectivity index (χ2n) is 7.34. The van der Waals surface area contributed by atoms with E-state index in [1.54, 1.807) is 0 Å². The third-order valence-corrected chi connectivity index (χ3v) is 5.39. The highest BCUT2D eigenvalue weighted by Gasteiger charge is 2.44. The Balaban J connectivity index is 1.54. The van der Waals surface area contributed by atoms with Crippen LogP contribution in [0.2, 0.25) is 5.02 Å². The van der Waals surface area contributed by atoms with Crippen LogP contribution in [0.4, 0.5) is 0 Å². The lowest BCUT2D eigenvalue weighted by molar-refractivity contribution is -0.124. The van der Waals surface area contributed by atoms with Crippen LogP contribution in [0.15, 0.2) is 42.5 Å². The molecule has 0 aromatic heterocycles. The van der Waals surface area contributed by atoms with Crippen LogP contribution in [0.1, 0.15) is 42.1 Å². The van der Waals surface area contributed by atoms with Crippen LogP contribution in [0, 0.1) is 0 Å². The molecule has 2 aromatic carbocycles. The number of halogens is 1. The number of carbonyl (C=O) groups is 2. The maximum atomic E-state index is 12.4. The molecule has 3 rings (SSSR count). The number of esters is 1. The van der Waals surface area contributed by atoms with E-state index in [-0.39, 0.29) is 28.5 Å². The first-order chi connectivity index (χ1) is 14.5. The molecule has 0 saturated heterocycles. The van der Waals surface area contributed by atoms with Crippen LogP contribution in [-0.4, -0.2) is 38.7 Å². The molecule has 7 heteroatoms. The summed E-state index contributed by atoms with van der Waals surface area (Å²) < 4.78 is 16.0. The molecule has 1 aliphatic carbocycles. The average Bonchev–Trinajstić information content (AvgIpc) is 3.56. The molecule has 1 fully saturated rings. The molecule has 0 spiro atoms. The van der Waals surface area contributed by atoms with Crippen LogP contribution in [-0.2, 0) is 14.9 Å². The minimum absolute atomic E-state index is 0.00383. The van der Waals surface area contributed by atoms with E-state index in [0.29, 0.717) is 24.7 Å². The number of rotatable bonds is 10. The molecule has 1 N–H and O–H groups in total. The van der Waals surface area contributed by atoms with Crippen LogP contribution in [0.3, 0.4) is 0 Å². The van der Waals surface area contributed by atoms with Gasteiger partial charge in [0.1, 0.15) is 0 Å². The maximum Gasteiger partial charge on any atom is 0.338 e. The summed E-state index contributed by atoms with van der Waals surface area (Å²) in [6.07, 6.45) is 2.87. The Morgan fingerprint density at radius 2 is 1.90 bits per heavy atom. The van der Waals surface area contributed by atoms with Gasteiger partial charge < -0.3 is 19.5 Å². The third kappa shape index (κ3) is 5.25. The second-order valence-corrected chi connectivity index (χ2v) is 7.74. The Bertz CT molecular complexity index is 896. The van der Waals surface area contributed by atoms with Gasteiger partial charge in [-0.15, -0.1) is 0 Å². The first-order valence-electron chi connectivity index (χ1n) is 9.99. The number of carbonyl (C=O) groups excluding carboxylic acids is 2. The van der Waals surface area contributed by atoms with E-state index in [2.05, 4.69) is 17.4 Å². The monoisotopic (exact) mass is 431 g/mol. The normalized spacial score (nSPS) is 14.0. The van der Waals surface area contributed by atoms with Gasteiger partial charge in [0.05, 0.1) is 24.3 Å². The topological polar surface area (TPSA) is 73.9 Å². The summed E-state index contributed by atoms with van der Waals surface area (Å²) >= 11 is 6.23. The van der Waals surface area contributed by atoms with Gasteiger partial charge in [-0.05, 0) is 37.0 Å². The maximum absolute atomic E-state index is 12.4. The Hall–Kier alpha value is -2.73. The van der Waals surface area contributed by atoms with Crippen molar-refractivity contribution in [3.8, 4) is 11.5 Å². The number of nitrogens with one attached hydrogen (secondary N) is 1. The van der Waals surface area contributed by atoms with E-state index in [4.69, 9.17) is 25.8 Å². The fraction of sp³-hybridized carbons (Fsp3) is 0.391. The van der Waals surface area contributed by atoms with Crippen molar-refractivity contribution in [2.24, 2.45) is 0 Å². The molecule has 0 aliphatic heterocycles. The number of benzene rings is 2. The van der Waals surface area contributed by atoms with Crippen LogP contribution >= 0.6 is 11.6 Å². The molecule has 0 atom stereocenters. The van der Waals surface area contributed by atoms with Crippen molar-refractivity contribution in [1.29, 1.82) is 0 Å². The van der Waals surface area contributed by atoms with Crippen molar-refractivity contribution in [3.63, 3.8) is 0 Å². The number of methoxy groups -OCH3 is 1. The summed E-state index contributed by atoms with van der Waals surface area (Å²) in [5, 5.41) is 3.12. The molecule has 1 amide bonds. The standard InChI is InChI=1S/C23H26ClNO5/c1-3-11-29-21-18(24)12-16(13-19(21)28-2)22(27)30-14-20(26)25-15-23(9-10-23)17-7-5-4-6-8-17/h4-8,12-13H,3,9-11,14-15H2,1-2H3,(H,25,26). The largest absolute Gasteiger partial charge is 0.493 e. The van der Waals surface area contributed by atoms with Gasteiger partial charge in [0.15, 0.2) is 18.1 Å².